The van der Waals surface area contributed by atoms with Gasteiger partial charge in [0.05, 0.1) is 0 Å². The minimum atomic E-state index is -0.801. The molecule has 6 nitrogen and oxygen atoms in total. The summed E-state index contributed by atoms with van der Waals surface area (Å²) in [5.41, 5.74) is 0.577. The van der Waals surface area contributed by atoms with E-state index in [2.05, 4.69) is 24.1 Å². The number of amides is 1. The van der Waals surface area contributed by atoms with E-state index >= 15 is 0 Å². The Bertz CT molecular complexity index is 656. The maximum atomic E-state index is 12.2. The summed E-state index contributed by atoms with van der Waals surface area (Å²) in [5, 5.41) is 2.49. The van der Waals surface area contributed by atoms with E-state index in [9.17, 15) is 9.59 Å². The summed E-state index contributed by atoms with van der Waals surface area (Å²) in [7, 11) is 0. The molecule has 28 heavy (non-hydrogen) atoms. The minimum absolute atomic E-state index is 0.464. The first-order chi connectivity index (χ1) is 13.0. The molecule has 0 radical (unpaired) electrons. The number of hydrogen-bond acceptors (Lipinski definition) is 5. The van der Waals surface area contributed by atoms with Crippen molar-refractivity contribution in [2.45, 2.75) is 91.1 Å². The van der Waals surface area contributed by atoms with Crippen molar-refractivity contribution in [2.24, 2.45) is 0 Å². The van der Waals surface area contributed by atoms with E-state index in [0.29, 0.717) is 17.8 Å². The zero-order chi connectivity index (χ0) is 20.9. The van der Waals surface area contributed by atoms with Crippen LogP contribution in [0.5, 0.6) is 5.75 Å². The molecule has 1 amide bonds. The van der Waals surface area contributed by atoms with Crippen LogP contribution in [0.2, 0.25) is 0 Å². The van der Waals surface area contributed by atoms with Gasteiger partial charge in [0.25, 0.3) is 0 Å². The number of rotatable bonds is 5. The third-order valence-corrected chi connectivity index (χ3v) is 4.97. The summed E-state index contributed by atoms with van der Waals surface area (Å²) in [5.74, 6) is -0.0665. The van der Waals surface area contributed by atoms with Crippen molar-refractivity contribution in [2.75, 3.05) is 0 Å². The summed E-state index contributed by atoms with van der Waals surface area (Å²) in [6, 6.07) is 7.94. The van der Waals surface area contributed by atoms with Crippen LogP contribution < -0.4 is 10.1 Å². The SMILES string of the molecule is CC(NC(=O)OC(C)(C)C)C(=O)Oc1ccc(CN2C(C)CCCC2C)cc1. The minimum Gasteiger partial charge on any atom is -0.444 e. The zero-order valence-corrected chi connectivity index (χ0v) is 18.0. The number of esters is 1. The van der Waals surface area contributed by atoms with Crippen molar-refractivity contribution >= 4 is 12.1 Å². The molecule has 1 aliphatic heterocycles. The quantitative estimate of drug-likeness (QED) is 0.601. The van der Waals surface area contributed by atoms with Crippen LogP contribution in [0.4, 0.5) is 4.79 Å². The topological polar surface area (TPSA) is 67.9 Å². The fourth-order valence-corrected chi connectivity index (χ4v) is 3.41. The molecule has 0 aliphatic carbocycles. The highest BCUT2D eigenvalue weighted by Gasteiger charge is 2.25. The van der Waals surface area contributed by atoms with Gasteiger partial charge in [0.2, 0.25) is 0 Å². The number of ether oxygens (including phenoxy) is 2. The van der Waals surface area contributed by atoms with E-state index in [1.165, 1.54) is 24.8 Å². The molecule has 2 rings (SSSR count). The van der Waals surface area contributed by atoms with Gasteiger partial charge in [0.15, 0.2) is 0 Å². The Kier molecular flexibility index (Phi) is 7.47. The number of carbonyl (C=O) groups excluding carboxylic acids is 2. The lowest BCUT2D eigenvalue weighted by molar-refractivity contribution is -0.136. The summed E-state index contributed by atoms with van der Waals surface area (Å²) in [6.07, 6.45) is 3.13. The summed E-state index contributed by atoms with van der Waals surface area (Å²) in [4.78, 5) is 26.5. The number of benzene rings is 1. The number of nitrogens with one attached hydrogen (secondary N) is 1. The molecule has 6 heteroatoms. The van der Waals surface area contributed by atoms with Crippen LogP contribution in [0.25, 0.3) is 0 Å². The highest BCUT2D eigenvalue weighted by atomic mass is 16.6. The molecule has 1 fully saturated rings. The second-order valence-corrected chi connectivity index (χ2v) is 8.73. The van der Waals surface area contributed by atoms with Crippen molar-refractivity contribution in [1.29, 1.82) is 0 Å². The van der Waals surface area contributed by atoms with Gasteiger partial charge in [-0.2, -0.15) is 0 Å². The molecule has 0 saturated carbocycles. The molecule has 0 bridgehead atoms. The van der Waals surface area contributed by atoms with Gasteiger partial charge in [-0.3, -0.25) is 4.90 Å². The van der Waals surface area contributed by atoms with Gasteiger partial charge in [-0.1, -0.05) is 18.6 Å². The maximum absolute atomic E-state index is 12.2. The lowest BCUT2D eigenvalue weighted by Gasteiger charge is -2.39. The van der Waals surface area contributed by atoms with Crippen LogP contribution in [-0.2, 0) is 16.1 Å². The van der Waals surface area contributed by atoms with Crippen LogP contribution in [0, 0.1) is 0 Å². The summed E-state index contributed by atoms with van der Waals surface area (Å²) < 4.78 is 10.5. The van der Waals surface area contributed by atoms with E-state index in [-0.39, 0.29) is 0 Å². The molecule has 1 aromatic rings. The largest absolute Gasteiger partial charge is 0.444 e. The predicted octanol–water partition coefficient (Wildman–Crippen LogP) is 4.27. The highest BCUT2D eigenvalue weighted by molar-refractivity contribution is 5.82. The fourth-order valence-electron chi connectivity index (χ4n) is 3.41. The number of alkyl carbamates (subject to hydrolysis) is 1. The first-order valence-electron chi connectivity index (χ1n) is 10.1. The van der Waals surface area contributed by atoms with E-state index in [4.69, 9.17) is 9.47 Å². The van der Waals surface area contributed by atoms with Gasteiger partial charge in [-0.05, 0) is 72.1 Å². The van der Waals surface area contributed by atoms with E-state index in [1.54, 1.807) is 39.8 Å². The molecule has 1 aliphatic rings. The molecule has 1 aromatic carbocycles. The lowest BCUT2D eigenvalue weighted by Crippen LogP contribution is -2.43. The smallest absolute Gasteiger partial charge is 0.408 e. The average molecular weight is 391 g/mol. The van der Waals surface area contributed by atoms with Crippen LogP contribution in [0.15, 0.2) is 24.3 Å². The average Bonchev–Trinajstić information content (AvgIpc) is 2.58. The summed E-state index contributed by atoms with van der Waals surface area (Å²) in [6.45, 7) is 12.3. The van der Waals surface area contributed by atoms with Crippen molar-refractivity contribution in [3.05, 3.63) is 29.8 Å². The Morgan fingerprint density at radius 1 is 1.14 bits per heavy atom. The highest BCUT2D eigenvalue weighted by Crippen LogP contribution is 2.25. The number of nitrogens with zero attached hydrogens (tertiary/aromatic N) is 1. The number of carbonyl (C=O) groups is 2. The van der Waals surface area contributed by atoms with Gasteiger partial charge < -0.3 is 14.8 Å². The Balaban J connectivity index is 1.87. The van der Waals surface area contributed by atoms with E-state index < -0.39 is 23.7 Å². The Hall–Kier alpha value is -2.08. The second kappa shape index (κ2) is 9.41. The Morgan fingerprint density at radius 3 is 2.25 bits per heavy atom. The Morgan fingerprint density at radius 2 is 1.71 bits per heavy atom. The summed E-state index contributed by atoms with van der Waals surface area (Å²) >= 11 is 0. The van der Waals surface area contributed by atoms with Crippen LogP contribution >= 0.6 is 0 Å². The zero-order valence-electron chi connectivity index (χ0n) is 18.0. The third kappa shape index (κ3) is 6.82. The van der Waals surface area contributed by atoms with Gasteiger partial charge >= 0.3 is 12.1 Å². The van der Waals surface area contributed by atoms with Gasteiger partial charge in [-0.15, -0.1) is 0 Å². The standard InChI is InChI=1S/C22H34N2O4/c1-15-8-7-9-16(2)24(15)14-18-10-12-19(13-11-18)27-20(25)17(3)23-21(26)28-22(4,5)6/h10-13,15-17H,7-9,14H2,1-6H3,(H,23,26). The maximum Gasteiger partial charge on any atom is 0.408 e. The molecule has 0 aromatic heterocycles. The van der Waals surface area contributed by atoms with Crippen LogP contribution in [0.3, 0.4) is 0 Å². The Labute approximate surface area is 168 Å². The molecule has 1 N–H and O–H groups in total. The number of hydrogen-bond donors (Lipinski definition) is 1. The molecule has 3 unspecified atom stereocenters. The van der Waals surface area contributed by atoms with Gasteiger partial charge in [-0.25, -0.2) is 9.59 Å². The predicted molar refractivity (Wildman–Crippen MR) is 109 cm³/mol. The van der Waals surface area contributed by atoms with Crippen molar-refractivity contribution in [3.8, 4) is 5.75 Å². The first-order valence-corrected chi connectivity index (χ1v) is 10.1. The second-order valence-electron chi connectivity index (χ2n) is 8.73. The third-order valence-electron chi connectivity index (χ3n) is 4.97. The van der Waals surface area contributed by atoms with Gasteiger partial charge in [0, 0.05) is 18.6 Å². The first kappa shape index (κ1) is 22.2. The monoisotopic (exact) mass is 390 g/mol. The van der Waals surface area contributed by atoms with E-state index in [0.717, 1.165) is 6.54 Å². The van der Waals surface area contributed by atoms with Crippen LogP contribution in [-0.4, -0.2) is 40.7 Å². The molecule has 3 atom stereocenters. The van der Waals surface area contributed by atoms with Crippen molar-refractivity contribution in [1.82, 2.24) is 10.2 Å². The molecule has 1 heterocycles. The lowest BCUT2D eigenvalue weighted by atomic mass is 9.97. The molecular formula is C22H34N2O4. The number of likely N-dealkylation sites (tertiary alicyclic amines) is 1. The van der Waals surface area contributed by atoms with Crippen molar-refractivity contribution in [3.63, 3.8) is 0 Å². The normalized spacial score (nSPS) is 21.6. The van der Waals surface area contributed by atoms with Crippen LogP contribution in [0.1, 0.15) is 66.4 Å². The van der Waals surface area contributed by atoms with E-state index in [1.807, 2.05) is 12.1 Å². The van der Waals surface area contributed by atoms with Gasteiger partial charge in [0.1, 0.15) is 17.4 Å². The molecule has 1 saturated heterocycles. The van der Waals surface area contributed by atoms with Crippen molar-refractivity contribution < 1.29 is 19.1 Å². The fraction of sp³-hybridized carbons (Fsp3) is 0.636. The molecule has 156 valence electrons. The molecular weight excluding hydrogens is 356 g/mol. The molecule has 0 spiro atoms. The number of piperidine rings is 1.